The van der Waals surface area contributed by atoms with Crippen molar-refractivity contribution >= 4 is 33.9 Å². The summed E-state index contributed by atoms with van der Waals surface area (Å²) in [5, 5.41) is 6.56. The quantitative estimate of drug-likeness (QED) is 0.851. The molecule has 0 aliphatic rings. The number of carbonyl (C=O) groups is 1. The minimum Gasteiger partial charge on any atom is -0.337 e. The first-order valence-electron chi connectivity index (χ1n) is 7.00. The van der Waals surface area contributed by atoms with Gasteiger partial charge in [-0.15, -0.1) is 11.3 Å². The number of nitrogens with zero attached hydrogens (tertiary/aromatic N) is 1. The van der Waals surface area contributed by atoms with Crippen molar-refractivity contribution < 1.29 is 9.00 Å². The summed E-state index contributed by atoms with van der Waals surface area (Å²) >= 11 is 1.68. The predicted molar refractivity (Wildman–Crippen MR) is 91.0 cm³/mol. The lowest BCUT2D eigenvalue weighted by Gasteiger charge is -2.07. The summed E-state index contributed by atoms with van der Waals surface area (Å²) in [6.45, 7) is 2.63. The van der Waals surface area contributed by atoms with Gasteiger partial charge >= 0.3 is 6.03 Å². The van der Waals surface area contributed by atoms with Crippen LogP contribution in [0.5, 0.6) is 0 Å². The van der Waals surface area contributed by atoms with Crippen molar-refractivity contribution in [1.29, 1.82) is 0 Å². The molecule has 2 N–H and O–H groups in total. The van der Waals surface area contributed by atoms with Crippen LogP contribution in [0, 0.1) is 0 Å². The largest absolute Gasteiger partial charge is 0.337 e. The van der Waals surface area contributed by atoms with Crippen molar-refractivity contribution in [2.75, 3.05) is 18.1 Å². The average molecular weight is 337 g/mol. The zero-order valence-corrected chi connectivity index (χ0v) is 14.2. The number of thiazole rings is 1. The van der Waals surface area contributed by atoms with E-state index in [4.69, 9.17) is 0 Å². The van der Waals surface area contributed by atoms with Crippen molar-refractivity contribution in [3.8, 4) is 0 Å². The zero-order valence-electron chi connectivity index (χ0n) is 12.6. The summed E-state index contributed by atoms with van der Waals surface area (Å²) in [6.07, 6.45) is 5.20. The van der Waals surface area contributed by atoms with Gasteiger partial charge in [0.15, 0.2) is 0 Å². The smallest absolute Gasteiger partial charge is 0.319 e. The average Bonchev–Trinajstić information content (AvgIpc) is 2.95. The first-order valence-corrected chi connectivity index (χ1v) is 9.38. The van der Waals surface area contributed by atoms with Gasteiger partial charge in [0.2, 0.25) is 0 Å². The van der Waals surface area contributed by atoms with E-state index in [-0.39, 0.29) is 6.03 Å². The number of hydrogen-bond donors (Lipinski definition) is 2. The number of rotatable bonds is 6. The highest BCUT2D eigenvalue weighted by molar-refractivity contribution is 7.84. The van der Waals surface area contributed by atoms with Crippen LogP contribution < -0.4 is 10.6 Å². The van der Waals surface area contributed by atoms with E-state index in [0.717, 1.165) is 17.8 Å². The Bertz CT molecular complexity index is 670. The summed E-state index contributed by atoms with van der Waals surface area (Å²) in [4.78, 5) is 18.1. The van der Waals surface area contributed by atoms with Crippen LogP contribution in [0.25, 0.3) is 0 Å². The highest BCUT2D eigenvalue weighted by Gasteiger charge is 2.05. The molecule has 0 saturated heterocycles. The summed E-state index contributed by atoms with van der Waals surface area (Å²) < 4.78 is 11.4. The number of nitrogens with one attached hydrogen (secondary N) is 2. The standard InChI is InChI=1S/C15H19N3O2S2/c1-3-12-10-17-14(21-12)7-8-16-15(19)18-11-5-4-6-13(9-11)22(2)20/h4-6,9-10H,3,7-8H2,1-2H3,(H2,16,18,19). The van der Waals surface area contributed by atoms with E-state index in [1.165, 1.54) is 4.88 Å². The molecule has 2 amide bonds. The van der Waals surface area contributed by atoms with Gasteiger partial charge in [-0.1, -0.05) is 13.0 Å². The topological polar surface area (TPSA) is 71.1 Å². The molecule has 0 fully saturated rings. The third kappa shape index (κ3) is 4.92. The summed E-state index contributed by atoms with van der Waals surface area (Å²) in [5.41, 5.74) is 0.632. The zero-order chi connectivity index (χ0) is 15.9. The molecule has 0 saturated carbocycles. The van der Waals surface area contributed by atoms with Crippen molar-refractivity contribution in [3.63, 3.8) is 0 Å². The van der Waals surface area contributed by atoms with E-state index in [2.05, 4.69) is 22.5 Å². The van der Waals surface area contributed by atoms with E-state index in [1.54, 1.807) is 41.9 Å². The SMILES string of the molecule is CCc1cnc(CCNC(=O)Nc2cccc(S(C)=O)c2)s1. The number of anilines is 1. The summed E-state index contributed by atoms with van der Waals surface area (Å²) in [5.74, 6) is 0. The minimum atomic E-state index is -1.06. The van der Waals surface area contributed by atoms with Gasteiger partial charge < -0.3 is 10.6 Å². The van der Waals surface area contributed by atoms with E-state index >= 15 is 0 Å². The Morgan fingerprint density at radius 1 is 1.41 bits per heavy atom. The van der Waals surface area contributed by atoms with Gasteiger partial charge in [0, 0.05) is 51.7 Å². The van der Waals surface area contributed by atoms with Gasteiger partial charge in [0.25, 0.3) is 0 Å². The highest BCUT2D eigenvalue weighted by Crippen LogP contribution is 2.14. The number of aryl methyl sites for hydroxylation is 1. The summed E-state index contributed by atoms with van der Waals surface area (Å²) in [7, 11) is -1.06. The molecule has 1 heterocycles. The van der Waals surface area contributed by atoms with Gasteiger partial charge in [0.1, 0.15) is 0 Å². The number of urea groups is 1. The molecule has 0 radical (unpaired) electrons. The van der Waals surface area contributed by atoms with E-state index in [0.29, 0.717) is 17.1 Å². The lowest BCUT2D eigenvalue weighted by atomic mass is 10.3. The number of aromatic nitrogens is 1. The number of amides is 2. The molecular formula is C15H19N3O2S2. The van der Waals surface area contributed by atoms with Crippen LogP contribution in [0.4, 0.5) is 10.5 Å². The van der Waals surface area contributed by atoms with E-state index < -0.39 is 10.8 Å². The predicted octanol–water partition coefficient (Wildman–Crippen LogP) is 2.81. The summed E-state index contributed by atoms with van der Waals surface area (Å²) in [6, 6.07) is 6.75. The van der Waals surface area contributed by atoms with Crippen LogP contribution in [-0.2, 0) is 23.6 Å². The second-order valence-corrected chi connectivity index (χ2v) is 7.27. The Morgan fingerprint density at radius 3 is 2.91 bits per heavy atom. The van der Waals surface area contributed by atoms with Crippen molar-refractivity contribution in [1.82, 2.24) is 10.3 Å². The van der Waals surface area contributed by atoms with Crippen molar-refractivity contribution in [2.45, 2.75) is 24.7 Å². The maximum Gasteiger partial charge on any atom is 0.319 e. The molecule has 1 atom stereocenters. The Labute approximate surface area is 136 Å². The molecule has 5 nitrogen and oxygen atoms in total. The van der Waals surface area contributed by atoms with Crippen LogP contribution in [0.15, 0.2) is 35.4 Å². The molecule has 0 aliphatic carbocycles. The second kappa shape index (κ2) is 8.05. The molecular weight excluding hydrogens is 318 g/mol. The molecule has 118 valence electrons. The third-order valence-electron chi connectivity index (χ3n) is 3.00. The molecule has 22 heavy (non-hydrogen) atoms. The first kappa shape index (κ1) is 16.6. The Balaban J connectivity index is 1.80. The lowest BCUT2D eigenvalue weighted by molar-refractivity contribution is 0.252. The van der Waals surface area contributed by atoms with Crippen molar-refractivity contribution in [2.24, 2.45) is 0 Å². The molecule has 2 rings (SSSR count). The van der Waals surface area contributed by atoms with Crippen LogP contribution in [0.3, 0.4) is 0 Å². The van der Waals surface area contributed by atoms with Gasteiger partial charge in [0.05, 0.1) is 5.01 Å². The monoisotopic (exact) mass is 337 g/mol. The van der Waals surface area contributed by atoms with Crippen LogP contribution in [0.1, 0.15) is 16.8 Å². The lowest BCUT2D eigenvalue weighted by Crippen LogP contribution is -2.30. The normalized spacial score (nSPS) is 11.9. The van der Waals surface area contributed by atoms with E-state index in [9.17, 15) is 9.00 Å². The fraction of sp³-hybridized carbons (Fsp3) is 0.333. The van der Waals surface area contributed by atoms with Gasteiger partial charge in [-0.25, -0.2) is 9.78 Å². The number of hydrogen-bond acceptors (Lipinski definition) is 4. The maximum absolute atomic E-state index is 11.8. The van der Waals surface area contributed by atoms with E-state index in [1.807, 2.05) is 6.20 Å². The second-order valence-electron chi connectivity index (χ2n) is 4.69. The van der Waals surface area contributed by atoms with Gasteiger partial charge in [-0.2, -0.15) is 0 Å². The van der Waals surface area contributed by atoms with Gasteiger partial charge in [-0.3, -0.25) is 4.21 Å². The fourth-order valence-corrected chi connectivity index (χ4v) is 3.26. The Morgan fingerprint density at radius 2 is 2.23 bits per heavy atom. The van der Waals surface area contributed by atoms with Crippen LogP contribution in [0.2, 0.25) is 0 Å². The molecule has 1 unspecified atom stereocenters. The molecule has 1 aromatic heterocycles. The maximum atomic E-state index is 11.8. The van der Waals surface area contributed by atoms with Crippen LogP contribution >= 0.6 is 11.3 Å². The minimum absolute atomic E-state index is 0.272. The first-order chi connectivity index (χ1) is 10.6. The molecule has 0 bridgehead atoms. The fourth-order valence-electron chi connectivity index (χ4n) is 1.84. The Hall–Kier alpha value is -1.73. The van der Waals surface area contributed by atoms with Gasteiger partial charge in [-0.05, 0) is 24.6 Å². The molecule has 0 spiro atoms. The number of benzene rings is 1. The molecule has 0 aliphatic heterocycles. The molecule has 2 aromatic rings. The van der Waals surface area contributed by atoms with Crippen LogP contribution in [-0.4, -0.2) is 28.0 Å². The molecule has 1 aromatic carbocycles. The third-order valence-corrected chi connectivity index (χ3v) is 5.12. The molecule has 7 heteroatoms. The number of carbonyl (C=O) groups excluding carboxylic acids is 1. The highest BCUT2D eigenvalue weighted by atomic mass is 32.2. The van der Waals surface area contributed by atoms with Crippen molar-refractivity contribution in [3.05, 3.63) is 40.3 Å². The Kier molecular flexibility index (Phi) is 6.09.